The van der Waals surface area contributed by atoms with Crippen LogP contribution in [0.4, 0.5) is 11.9 Å². The van der Waals surface area contributed by atoms with Crippen LogP contribution in [0.5, 0.6) is 0 Å². The Bertz CT molecular complexity index is 1270. The minimum absolute atomic E-state index is 0.135. The molecule has 0 bridgehead atoms. The minimum Gasteiger partial charge on any atom is -0.368 e. The molecule has 3 aromatic heterocycles. The van der Waals surface area contributed by atoms with Crippen molar-refractivity contribution in [1.82, 2.24) is 24.6 Å². The monoisotopic (exact) mass is 440 g/mol. The molecule has 0 aliphatic heterocycles. The topological polar surface area (TPSA) is 129 Å². The number of thiophene rings is 1. The first-order valence-electron chi connectivity index (χ1n) is 9.05. The fraction of sp³-hybridized carbons (Fsp3) is 0.211. The number of nitrogens with zero attached hydrogens (tertiary/aromatic N) is 6. The van der Waals surface area contributed by atoms with E-state index in [1.54, 1.807) is 4.90 Å². The maximum Gasteiger partial charge on any atom is 0.282 e. The number of nitrogen functional groups attached to an aromatic ring is 2. The van der Waals surface area contributed by atoms with Crippen molar-refractivity contribution in [2.75, 3.05) is 30.6 Å². The molecule has 0 saturated heterocycles. The average Bonchev–Trinajstić information content (AvgIpc) is 3.16. The van der Waals surface area contributed by atoms with Gasteiger partial charge in [0.2, 0.25) is 11.9 Å². The van der Waals surface area contributed by atoms with Gasteiger partial charge in [-0.1, -0.05) is 42.1 Å². The van der Waals surface area contributed by atoms with Crippen molar-refractivity contribution in [3.8, 4) is 11.1 Å². The second-order valence-corrected chi connectivity index (χ2v) is 8.94. The van der Waals surface area contributed by atoms with Crippen LogP contribution in [0.25, 0.3) is 21.3 Å². The second kappa shape index (κ2) is 7.92. The van der Waals surface area contributed by atoms with Gasteiger partial charge in [0.25, 0.3) is 5.56 Å². The zero-order valence-corrected chi connectivity index (χ0v) is 18.2. The molecule has 154 valence electrons. The van der Waals surface area contributed by atoms with Crippen LogP contribution in [-0.4, -0.2) is 38.7 Å². The molecule has 0 radical (unpaired) electrons. The Balaban J connectivity index is 1.73. The highest BCUT2D eigenvalue weighted by Gasteiger charge is 2.20. The highest BCUT2D eigenvalue weighted by molar-refractivity contribution is 7.99. The number of fused-ring (bicyclic) bond motifs is 1. The molecule has 0 amide bonds. The molecule has 0 spiro atoms. The highest BCUT2D eigenvalue weighted by Crippen LogP contribution is 2.35. The van der Waals surface area contributed by atoms with Gasteiger partial charge in [-0.3, -0.25) is 4.79 Å². The lowest BCUT2D eigenvalue weighted by Gasteiger charge is -2.15. The zero-order chi connectivity index (χ0) is 21.4. The number of anilines is 2. The third kappa shape index (κ3) is 3.68. The van der Waals surface area contributed by atoms with Gasteiger partial charge < -0.3 is 16.5 Å². The van der Waals surface area contributed by atoms with Crippen molar-refractivity contribution < 1.29 is 0 Å². The van der Waals surface area contributed by atoms with Crippen LogP contribution < -0.4 is 22.0 Å². The smallest absolute Gasteiger partial charge is 0.282 e. The predicted molar refractivity (Wildman–Crippen MR) is 122 cm³/mol. The molecule has 3 heterocycles. The first-order valence-corrected chi connectivity index (χ1v) is 10.8. The predicted octanol–water partition coefficient (Wildman–Crippen LogP) is 2.53. The van der Waals surface area contributed by atoms with Crippen LogP contribution in [0, 0.1) is 0 Å². The van der Waals surface area contributed by atoms with Crippen molar-refractivity contribution in [3.05, 3.63) is 51.9 Å². The molecule has 11 heteroatoms. The Kier molecular flexibility index (Phi) is 5.31. The van der Waals surface area contributed by atoms with E-state index in [-0.39, 0.29) is 16.8 Å². The normalized spacial score (nSPS) is 12.2. The number of nitrogens with two attached hydrogens (primary N) is 2. The lowest BCUT2D eigenvalue weighted by molar-refractivity contribution is 0.774. The maximum atomic E-state index is 13.0. The molecule has 0 aliphatic carbocycles. The van der Waals surface area contributed by atoms with Crippen molar-refractivity contribution in [2.24, 2.45) is 0 Å². The summed E-state index contributed by atoms with van der Waals surface area (Å²) in [4.78, 5) is 32.8. The van der Waals surface area contributed by atoms with Crippen LogP contribution in [0.1, 0.15) is 18.0 Å². The summed E-state index contributed by atoms with van der Waals surface area (Å²) in [7, 11) is 3.65. The molecule has 4 N–H and O–H groups in total. The van der Waals surface area contributed by atoms with Gasteiger partial charge in [0.15, 0.2) is 5.16 Å². The van der Waals surface area contributed by atoms with Crippen LogP contribution >= 0.6 is 23.1 Å². The molecule has 4 rings (SSSR count). The number of hydrogen-bond donors (Lipinski definition) is 2. The summed E-state index contributed by atoms with van der Waals surface area (Å²) in [5.74, 6) is 7.21. The lowest BCUT2D eigenvalue weighted by Crippen LogP contribution is -2.29. The van der Waals surface area contributed by atoms with E-state index >= 15 is 0 Å². The van der Waals surface area contributed by atoms with Crippen molar-refractivity contribution in [3.63, 3.8) is 0 Å². The van der Waals surface area contributed by atoms with Crippen molar-refractivity contribution in [1.29, 1.82) is 0 Å². The van der Waals surface area contributed by atoms with Crippen molar-refractivity contribution in [2.45, 2.75) is 17.3 Å². The molecule has 1 aromatic carbocycles. The van der Waals surface area contributed by atoms with Gasteiger partial charge in [0.05, 0.1) is 10.6 Å². The first-order chi connectivity index (χ1) is 14.3. The number of benzene rings is 1. The SMILES string of the molecule is CC(Sc1nc2scc(-c3ccccc3)c2c(=O)n1N)c1nc(N)nc(N(C)C)n1. The summed E-state index contributed by atoms with van der Waals surface area (Å²) in [5.41, 5.74) is 7.31. The van der Waals surface area contributed by atoms with E-state index in [2.05, 4.69) is 19.9 Å². The second-order valence-electron chi connectivity index (χ2n) is 6.77. The van der Waals surface area contributed by atoms with Crippen LogP contribution in [0.15, 0.2) is 45.7 Å². The van der Waals surface area contributed by atoms with Crippen molar-refractivity contribution >= 4 is 45.2 Å². The van der Waals surface area contributed by atoms with E-state index in [0.717, 1.165) is 15.8 Å². The summed E-state index contributed by atoms with van der Waals surface area (Å²) in [6.07, 6.45) is 0. The maximum absolute atomic E-state index is 13.0. The molecule has 0 fully saturated rings. The van der Waals surface area contributed by atoms with Gasteiger partial charge in [-0.25, -0.2) is 9.66 Å². The van der Waals surface area contributed by atoms with Crippen LogP contribution in [-0.2, 0) is 0 Å². The van der Waals surface area contributed by atoms with E-state index < -0.39 is 0 Å². The molecule has 1 atom stereocenters. The number of aromatic nitrogens is 5. The lowest BCUT2D eigenvalue weighted by atomic mass is 10.1. The quantitative estimate of drug-likeness (QED) is 0.273. The van der Waals surface area contributed by atoms with Gasteiger partial charge in [-0.05, 0) is 12.5 Å². The Morgan fingerprint density at radius 2 is 1.87 bits per heavy atom. The molecule has 30 heavy (non-hydrogen) atoms. The van der Waals surface area contributed by atoms with Gasteiger partial charge in [0, 0.05) is 25.0 Å². The van der Waals surface area contributed by atoms with Gasteiger partial charge >= 0.3 is 0 Å². The fourth-order valence-electron chi connectivity index (χ4n) is 2.89. The highest BCUT2D eigenvalue weighted by atomic mass is 32.2. The largest absolute Gasteiger partial charge is 0.368 e. The Morgan fingerprint density at radius 1 is 1.13 bits per heavy atom. The van der Waals surface area contributed by atoms with Crippen LogP contribution in [0.3, 0.4) is 0 Å². The molecular formula is C19H20N8OS2. The Hall–Kier alpha value is -3.18. The van der Waals surface area contributed by atoms with E-state index in [9.17, 15) is 4.79 Å². The number of rotatable bonds is 5. The third-order valence-electron chi connectivity index (χ3n) is 4.40. The molecule has 0 aliphatic rings. The van der Waals surface area contributed by atoms with Gasteiger partial charge in [0.1, 0.15) is 10.7 Å². The fourth-order valence-corrected chi connectivity index (χ4v) is 4.75. The van der Waals surface area contributed by atoms with Gasteiger partial charge in [-0.15, -0.1) is 11.3 Å². The van der Waals surface area contributed by atoms with Gasteiger partial charge in [-0.2, -0.15) is 15.0 Å². The molecule has 1 unspecified atom stereocenters. The average molecular weight is 441 g/mol. The molecule has 4 aromatic rings. The standard InChI is InChI=1S/C19H20N8OS2/c1-10(14-22-17(20)25-18(23-14)26(2)3)30-19-24-15-13(16(28)27(19)21)12(9-29-15)11-7-5-4-6-8-11/h4-10H,21H2,1-3H3,(H2,20,22,23,25). The summed E-state index contributed by atoms with van der Waals surface area (Å²) >= 11 is 2.71. The zero-order valence-electron chi connectivity index (χ0n) is 16.6. The number of thioether (sulfide) groups is 1. The first kappa shape index (κ1) is 20.1. The molecule has 9 nitrogen and oxygen atoms in total. The van der Waals surface area contributed by atoms with Crippen LogP contribution in [0.2, 0.25) is 0 Å². The van der Waals surface area contributed by atoms with E-state index in [4.69, 9.17) is 11.6 Å². The number of hydrogen-bond acceptors (Lipinski definition) is 10. The summed E-state index contributed by atoms with van der Waals surface area (Å²) in [6, 6.07) is 9.71. The van der Waals surface area contributed by atoms with E-state index in [0.29, 0.717) is 27.1 Å². The third-order valence-corrected chi connectivity index (χ3v) is 6.33. The Labute approximate surface area is 180 Å². The summed E-state index contributed by atoms with van der Waals surface area (Å²) in [6.45, 7) is 1.90. The summed E-state index contributed by atoms with van der Waals surface area (Å²) in [5, 5.41) is 2.58. The summed E-state index contributed by atoms with van der Waals surface area (Å²) < 4.78 is 1.08. The van der Waals surface area contributed by atoms with E-state index in [1.165, 1.54) is 23.1 Å². The molecule has 0 saturated carbocycles. The minimum atomic E-state index is -0.293. The van der Waals surface area contributed by atoms with E-state index in [1.807, 2.05) is 56.7 Å². The molecular weight excluding hydrogens is 420 g/mol. The Morgan fingerprint density at radius 3 is 2.57 bits per heavy atom.